The summed E-state index contributed by atoms with van der Waals surface area (Å²) in [7, 11) is 0. The second kappa shape index (κ2) is 5.36. The molecule has 1 aromatic carbocycles. The van der Waals surface area contributed by atoms with Gasteiger partial charge in [-0.05, 0) is 49.5 Å². The average molecular weight is 277 g/mol. The highest BCUT2D eigenvalue weighted by Crippen LogP contribution is 2.31. The first kappa shape index (κ1) is 14.1. The van der Waals surface area contributed by atoms with E-state index in [1.165, 1.54) is 17.0 Å². The molecule has 0 bridgehead atoms. The summed E-state index contributed by atoms with van der Waals surface area (Å²) in [6.07, 6.45) is -3.00. The number of hydrogen-bond donors (Lipinski definition) is 1. The maximum atomic E-state index is 12.9. The van der Waals surface area contributed by atoms with Crippen LogP contribution in [0.4, 0.5) is 17.6 Å². The van der Waals surface area contributed by atoms with E-state index in [1.54, 1.807) is 6.07 Å². The van der Waals surface area contributed by atoms with Gasteiger partial charge in [0.05, 0.1) is 6.54 Å². The summed E-state index contributed by atoms with van der Waals surface area (Å²) in [4.78, 5) is 1.37. The fourth-order valence-corrected chi connectivity index (χ4v) is 2.46. The lowest BCUT2D eigenvalue weighted by Crippen LogP contribution is -2.39. The quantitative estimate of drug-likeness (QED) is 0.839. The van der Waals surface area contributed by atoms with Gasteiger partial charge < -0.3 is 5.11 Å². The third-order valence-electron chi connectivity index (χ3n) is 3.43. The summed E-state index contributed by atoms with van der Waals surface area (Å²) >= 11 is 0. The Morgan fingerprint density at radius 2 is 1.84 bits per heavy atom. The predicted octanol–water partition coefficient (Wildman–Crippen LogP) is 3.27. The highest BCUT2D eigenvalue weighted by atomic mass is 19.4. The molecule has 1 aromatic rings. The summed E-state index contributed by atoms with van der Waals surface area (Å²) < 4.78 is 49.7. The Kier molecular flexibility index (Phi) is 3.99. The molecule has 0 amide bonds. The molecule has 1 N–H and O–H groups in total. The fourth-order valence-electron chi connectivity index (χ4n) is 2.46. The standard InChI is InChI=1S/C13H15F4NO/c14-11-2-1-10(7-12(11)19)9-3-5-18(6-4-9)8-13(15,16)17/h1-2,7,9,19H,3-6,8H2. The molecule has 1 fully saturated rings. The van der Waals surface area contributed by atoms with Gasteiger partial charge in [-0.15, -0.1) is 0 Å². The van der Waals surface area contributed by atoms with E-state index in [2.05, 4.69) is 0 Å². The molecular weight excluding hydrogens is 262 g/mol. The smallest absolute Gasteiger partial charge is 0.401 e. The number of likely N-dealkylation sites (tertiary alicyclic amines) is 1. The summed E-state index contributed by atoms with van der Waals surface area (Å²) in [6.45, 7) is -0.154. The SMILES string of the molecule is Oc1cc(C2CCN(CC(F)(F)F)CC2)ccc1F. The molecule has 0 radical (unpaired) electrons. The van der Waals surface area contributed by atoms with Gasteiger partial charge in [0.25, 0.3) is 0 Å². The lowest BCUT2D eigenvalue weighted by Gasteiger charge is -2.32. The van der Waals surface area contributed by atoms with Crippen molar-refractivity contribution in [1.29, 1.82) is 0 Å². The molecule has 19 heavy (non-hydrogen) atoms. The van der Waals surface area contributed by atoms with Crippen LogP contribution >= 0.6 is 0 Å². The number of halogens is 4. The number of phenolic OH excluding ortho intramolecular Hbond substituents is 1. The van der Waals surface area contributed by atoms with E-state index < -0.39 is 24.3 Å². The minimum atomic E-state index is -4.17. The Hall–Kier alpha value is -1.30. The van der Waals surface area contributed by atoms with E-state index in [-0.39, 0.29) is 5.92 Å². The molecule has 0 aliphatic carbocycles. The van der Waals surface area contributed by atoms with Crippen LogP contribution in [-0.2, 0) is 0 Å². The molecular formula is C13H15F4NO. The zero-order valence-electron chi connectivity index (χ0n) is 10.3. The predicted molar refractivity (Wildman–Crippen MR) is 62.5 cm³/mol. The van der Waals surface area contributed by atoms with E-state index in [1.807, 2.05) is 0 Å². The van der Waals surface area contributed by atoms with E-state index >= 15 is 0 Å². The van der Waals surface area contributed by atoms with Crippen molar-refractivity contribution in [3.8, 4) is 5.75 Å². The Bertz CT molecular complexity index is 439. The molecule has 6 heteroatoms. The minimum absolute atomic E-state index is 0.0796. The van der Waals surface area contributed by atoms with E-state index in [0.29, 0.717) is 25.9 Å². The summed E-state index contributed by atoms with van der Waals surface area (Å²) in [5.74, 6) is -1.01. The van der Waals surface area contributed by atoms with Crippen molar-refractivity contribution in [2.24, 2.45) is 0 Å². The summed E-state index contributed by atoms with van der Waals surface area (Å²) in [5, 5.41) is 9.30. The van der Waals surface area contributed by atoms with Crippen LogP contribution in [0.3, 0.4) is 0 Å². The van der Waals surface area contributed by atoms with Crippen LogP contribution in [0.2, 0.25) is 0 Å². The number of benzene rings is 1. The van der Waals surface area contributed by atoms with Crippen LogP contribution in [0.15, 0.2) is 18.2 Å². The van der Waals surface area contributed by atoms with Gasteiger partial charge in [0.15, 0.2) is 11.6 Å². The number of rotatable bonds is 2. The van der Waals surface area contributed by atoms with Crippen molar-refractivity contribution in [2.45, 2.75) is 24.9 Å². The van der Waals surface area contributed by atoms with Gasteiger partial charge in [0.1, 0.15) is 0 Å². The first-order valence-corrected chi connectivity index (χ1v) is 6.12. The zero-order valence-corrected chi connectivity index (χ0v) is 10.3. The molecule has 1 heterocycles. The van der Waals surface area contributed by atoms with Crippen LogP contribution in [0, 0.1) is 5.82 Å². The number of phenols is 1. The van der Waals surface area contributed by atoms with Gasteiger partial charge in [-0.3, -0.25) is 4.90 Å². The molecule has 2 rings (SSSR count). The van der Waals surface area contributed by atoms with Crippen molar-refractivity contribution in [3.63, 3.8) is 0 Å². The van der Waals surface area contributed by atoms with Crippen LogP contribution in [0.25, 0.3) is 0 Å². The molecule has 0 saturated carbocycles. The van der Waals surface area contributed by atoms with Crippen LogP contribution in [-0.4, -0.2) is 35.8 Å². The number of aromatic hydroxyl groups is 1. The van der Waals surface area contributed by atoms with Gasteiger partial charge in [-0.25, -0.2) is 4.39 Å². The number of alkyl halides is 3. The van der Waals surface area contributed by atoms with Crippen LogP contribution < -0.4 is 0 Å². The van der Waals surface area contributed by atoms with Crippen molar-refractivity contribution in [3.05, 3.63) is 29.6 Å². The number of hydrogen-bond acceptors (Lipinski definition) is 2. The molecule has 2 nitrogen and oxygen atoms in total. The highest BCUT2D eigenvalue weighted by molar-refractivity contribution is 5.31. The van der Waals surface area contributed by atoms with Gasteiger partial charge in [0, 0.05) is 0 Å². The highest BCUT2D eigenvalue weighted by Gasteiger charge is 2.32. The first-order valence-electron chi connectivity index (χ1n) is 6.12. The molecule has 1 saturated heterocycles. The first-order chi connectivity index (χ1) is 8.85. The van der Waals surface area contributed by atoms with Gasteiger partial charge in [-0.1, -0.05) is 6.07 Å². The Balaban J connectivity index is 1.94. The summed E-state index contributed by atoms with van der Waals surface area (Å²) in [5.41, 5.74) is 0.783. The third-order valence-corrected chi connectivity index (χ3v) is 3.43. The lowest BCUT2D eigenvalue weighted by molar-refractivity contribution is -0.147. The number of piperidine rings is 1. The molecule has 0 spiro atoms. The van der Waals surface area contributed by atoms with Crippen molar-refractivity contribution in [1.82, 2.24) is 4.90 Å². The van der Waals surface area contributed by atoms with E-state index in [0.717, 1.165) is 5.56 Å². The maximum absolute atomic E-state index is 12.9. The van der Waals surface area contributed by atoms with Gasteiger partial charge >= 0.3 is 6.18 Å². The van der Waals surface area contributed by atoms with Crippen molar-refractivity contribution in [2.75, 3.05) is 19.6 Å². The second-order valence-electron chi connectivity index (χ2n) is 4.88. The Labute approximate surface area is 108 Å². The minimum Gasteiger partial charge on any atom is -0.505 e. The van der Waals surface area contributed by atoms with Crippen molar-refractivity contribution >= 4 is 0 Å². The van der Waals surface area contributed by atoms with E-state index in [9.17, 15) is 22.7 Å². The molecule has 106 valence electrons. The average Bonchev–Trinajstić information content (AvgIpc) is 2.32. The maximum Gasteiger partial charge on any atom is 0.401 e. The monoisotopic (exact) mass is 277 g/mol. The molecule has 0 aromatic heterocycles. The lowest BCUT2D eigenvalue weighted by atomic mass is 9.89. The van der Waals surface area contributed by atoms with Crippen LogP contribution in [0.5, 0.6) is 5.75 Å². The normalized spacial score (nSPS) is 18.7. The topological polar surface area (TPSA) is 23.5 Å². The summed E-state index contributed by atoms with van der Waals surface area (Å²) in [6, 6.07) is 4.13. The Morgan fingerprint density at radius 1 is 1.21 bits per heavy atom. The molecule has 1 aliphatic rings. The van der Waals surface area contributed by atoms with Gasteiger partial charge in [-0.2, -0.15) is 13.2 Å². The number of nitrogens with zero attached hydrogens (tertiary/aromatic N) is 1. The van der Waals surface area contributed by atoms with Crippen LogP contribution in [0.1, 0.15) is 24.3 Å². The van der Waals surface area contributed by atoms with E-state index in [4.69, 9.17) is 0 Å². The third kappa shape index (κ3) is 3.83. The molecule has 0 unspecified atom stereocenters. The zero-order chi connectivity index (χ0) is 14.0. The van der Waals surface area contributed by atoms with Gasteiger partial charge in [0.2, 0.25) is 0 Å². The largest absolute Gasteiger partial charge is 0.505 e. The molecule has 0 atom stereocenters. The second-order valence-corrected chi connectivity index (χ2v) is 4.88. The fraction of sp³-hybridized carbons (Fsp3) is 0.538. The van der Waals surface area contributed by atoms with Crippen molar-refractivity contribution < 1.29 is 22.7 Å². The Morgan fingerprint density at radius 3 is 2.37 bits per heavy atom. The molecule has 1 aliphatic heterocycles.